The molecule has 2 rings (SSSR count). The molecule has 1 unspecified atom stereocenters. The number of sulfonamides is 1. The summed E-state index contributed by atoms with van der Waals surface area (Å²) in [6.45, 7) is 1.44. The third kappa shape index (κ3) is 4.37. The van der Waals surface area contributed by atoms with Crippen molar-refractivity contribution in [2.24, 2.45) is 0 Å². The van der Waals surface area contributed by atoms with E-state index < -0.39 is 27.8 Å². The van der Waals surface area contributed by atoms with Gasteiger partial charge in [0.1, 0.15) is 11.9 Å². The molecule has 8 nitrogen and oxygen atoms in total. The number of halogens is 1. The predicted octanol–water partition coefficient (Wildman–Crippen LogP) is 0.642. The third-order valence-corrected chi connectivity index (χ3v) is 4.89. The maximum Gasteiger partial charge on any atom is 0.261 e. The maximum absolute atomic E-state index is 13.3. The normalized spacial score (nSPS) is 12.8. The SMILES string of the molecule is Cc1cc(S(=O)(=O)NC(CCc2cnc[nH]2)C(=O)NO)ccc1F. The van der Waals surface area contributed by atoms with Crippen LogP contribution in [-0.2, 0) is 21.2 Å². The van der Waals surface area contributed by atoms with Gasteiger partial charge in [-0.25, -0.2) is 23.3 Å². The standard InChI is InChI=1S/C14H17FN4O4S/c1-9-6-11(3-4-12(9)15)24(22,23)19-13(14(20)18-21)5-2-10-7-16-8-17-10/h3-4,6-8,13,19,21H,2,5H2,1H3,(H,16,17)(H,18,20). The van der Waals surface area contributed by atoms with E-state index >= 15 is 0 Å². The summed E-state index contributed by atoms with van der Waals surface area (Å²) in [5, 5.41) is 8.81. The molecule has 0 aliphatic heterocycles. The van der Waals surface area contributed by atoms with Crippen molar-refractivity contribution in [2.45, 2.75) is 30.7 Å². The average Bonchev–Trinajstić information content (AvgIpc) is 3.06. The van der Waals surface area contributed by atoms with Gasteiger partial charge in [-0.05, 0) is 43.5 Å². The predicted molar refractivity (Wildman–Crippen MR) is 82.1 cm³/mol. The summed E-state index contributed by atoms with van der Waals surface area (Å²) >= 11 is 0. The lowest BCUT2D eigenvalue weighted by Gasteiger charge is -2.17. The highest BCUT2D eigenvalue weighted by atomic mass is 32.2. The number of nitrogens with zero attached hydrogens (tertiary/aromatic N) is 1. The van der Waals surface area contributed by atoms with Gasteiger partial charge in [0.05, 0.1) is 11.2 Å². The van der Waals surface area contributed by atoms with Crippen LogP contribution in [0.4, 0.5) is 4.39 Å². The first-order valence-electron chi connectivity index (χ1n) is 7.03. The van der Waals surface area contributed by atoms with Gasteiger partial charge in [-0.3, -0.25) is 10.0 Å². The zero-order chi connectivity index (χ0) is 17.7. The fourth-order valence-corrected chi connectivity index (χ4v) is 3.40. The Labute approximate surface area is 138 Å². The van der Waals surface area contributed by atoms with Gasteiger partial charge in [-0.2, -0.15) is 4.72 Å². The van der Waals surface area contributed by atoms with Crippen LogP contribution < -0.4 is 10.2 Å². The second-order valence-electron chi connectivity index (χ2n) is 5.18. The monoisotopic (exact) mass is 356 g/mol. The number of hydrogen-bond donors (Lipinski definition) is 4. The van der Waals surface area contributed by atoms with Crippen molar-refractivity contribution in [3.63, 3.8) is 0 Å². The molecule has 0 aliphatic rings. The van der Waals surface area contributed by atoms with Crippen LogP contribution in [-0.4, -0.2) is 35.5 Å². The minimum Gasteiger partial charge on any atom is -0.348 e. The van der Waals surface area contributed by atoms with Crippen molar-refractivity contribution >= 4 is 15.9 Å². The first-order valence-corrected chi connectivity index (χ1v) is 8.51. The Morgan fingerprint density at radius 3 is 2.79 bits per heavy atom. The van der Waals surface area contributed by atoms with Crippen LogP contribution in [0.15, 0.2) is 35.6 Å². The molecular weight excluding hydrogens is 339 g/mol. The molecule has 0 fully saturated rings. The van der Waals surface area contributed by atoms with E-state index in [0.717, 1.165) is 12.1 Å². The van der Waals surface area contributed by atoms with Gasteiger partial charge in [0.15, 0.2) is 0 Å². The lowest BCUT2D eigenvalue weighted by Crippen LogP contribution is -2.46. The molecule has 1 atom stereocenters. The Balaban J connectivity index is 2.17. The zero-order valence-corrected chi connectivity index (χ0v) is 13.6. The second-order valence-corrected chi connectivity index (χ2v) is 6.89. The Hall–Kier alpha value is -2.30. The first kappa shape index (κ1) is 18.0. The van der Waals surface area contributed by atoms with Crippen molar-refractivity contribution < 1.29 is 22.8 Å². The molecule has 1 aromatic carbocycles. The molecule has 0 bridgehead atoms. The van der Waals surface area contributed by atoms with Crippen LogP contribution in [0.1, 0.15) is 17.7 Å². The molecule has 10 heteroatoms. The molecule has 0 saturated heterocycles. The number of amides is 1. The molecule has 0 saturated carbocycles. The minimum atomic E-state index is -4.06. The summed E-state index contributed by atoms with van der Waals surface area (Å²) in [4.78, 5) is 18.2. The highest BCUT2D eigenvalue weighted by molar-refractivity contribution is 7.89. The van der Waals surface area contributed by atoms with Crippen molar-refractivity contribution in [2.75, 3.05) is 0 Å². The number of nitrogens with one attached hydrogen (secondary N) is 3. The number of benzene rings is 1. The molecule has 4 N–H and O–H groups in total. The summed E-state index contributed by atoms with van der Waals surface area (Å²) in [5.41, 5.74) is 2.31. The largest absolute Gasteiger partial charge is 0.348 e. The number of hydroxylamine groups is 1. The lowest BCUT2D eigenvalue weighted by molar-refractivity contribution is -0.131. The van der Waals surface area contributed by atoms with Crippen LogP contribution in [0.2, 0.25) is 0 Å². The highest BCUT2D eigenvalue weighted by Gasteiger charge is 2.26. The molecule has 1 aromatic heterocycles. The molecule has 0 spiro atoms. The average molecular weight is 356 g/mol. The maximum atomic E-state index is 13.3. The van der Waals surface area contributed by atoms with Gasteiger partial charge in [0, 0.05) is 11.9 Å². The van der Waals surface area contributed by atoms with Gasteiger partial charge in [-0.1, -0.05) is 0 Å². The van der Waals surface area contributed by atoms with E-state index in [-0.39, 0.29) is 16.9 Å². The van der Waals surface area contributed by atoms with E-state index in [1.165, 1.54) is 24.8 Å². The van der Waals surface area contributed by atoms with E-state index in [4.69, 9.17) is 5.21 Å². The topological polar surface area (TPSA) is 124 Å². The molecule has 0 aliphatic carbocycles. The quantitative estimate of drug-likeness (QED) is 0.428. The number of H-pyrrole nitrogens is 1. The Morgan fingerprint density at radius 2 is 2.21 bits per heavy atom. The van der Waals surface area contributed by atoms with Gasteiger partial charge >= 0.3 is 0 Å². The summed E-state index contributed by atoms with van der Waals surface area (Å²) in [5.74, 6) is -1.42. The molecule has 0 radical (unpaired) electrons. The fraction of sp³-hybridized carbons (Fsp3) is 0.286. The zero-order valence-electron chi connectivity index (χ0n) is 12.8. The van der Waals surface area contributed by atoms with Crippen LogP contribution >= 0.6 is 0 Å². The Bertz CT molecular complexity index is 808. The van der Waals surface area contributed by atoms with Crippen molar-refractivity contribution in [3.8, 4) is 0 Å². The number of imidazole rings is 1. The van der Waals surface area contributed by atoms with E-state index in [1.54, 1.807) is 6.20 Å². The van der Waals surface area contributed by atoms with Gasteiger partial charge in [0.2, 0.25) is 10.0 Å². The van der Waals surface area contributed by atoms with Gasteiger partial charge in [-0.15, -0.1) is 0 Å². The number of carbonyl (C=O) groups excluding carboxylic acids is 1. The number of hydrogen-bond acceptors (Lipinski definition) is 5. The van der Waals surface area contributed by atoms with Crippen LogP contribution in [0, 0.1) is 12.7 Å². The third-order valence-electron chi connectivity index (χ3n) is 3.42. The van der Waals surface area contributed by atoms with Crippen molar-refractivity contribution in [1.29, 1.82) is 0 Å². The fourth-order valence-electron chi connectivity index (χ4n) is 2.08. The van der Waals surface area contributed by atoms with Crippen LogP contribution in [0.5, 0.6) is 0 Å². The lowest BCUT2D eigenvalue weighted by atomic mass is 10.1. The summed E-state index contributed by atoms with van der Waals surface area (Å²) in [7, 11) is -4.06. The van der Waals surface area contributed by atoms with E-state index in [1.807, 2.05) is 0 Å². The number of carbonyl (C=O) groups is 1. The summed E-state index contributed by atoms with van der Waals surface area (Å²) in [6, 6.07) is 2.11. The van der Waals surface area contributed by atoms with E-state index in [0.29, 0.717) is 12.1 Å². The number of aromatic amines is 1. The minimum absolute atomic E-state index is 0.0913. The molecule has 130 valence electrons. The van der Waals surface area contributed by atoms with Gasteiger partial charge in [0.25, 0.3) is 5.91 Å². The van der Waals surface area contributed by atoms with E-state index in [9.17, 15) is 17.6 Å². The molecule has 1 heterocycles. The number of aryl methyl sites for hydroxylation is 2. The summed E-state index contributed by atoms with van der Waals surface area (Å²) < 4.78 is 40.2. The smallest absolute Gasteiger partial charge is 0.261 e. The molecule has 24 heavy (non-hydrogen) atoms. The number of aromatic nitrogens is 2. The van der Waals surface area contributed by atoms with Crippen LogP contribution in [0.3, 0.4) is 0 Å². The first-order chi connectivity index (χ1) is 11.3. The van der Waals surface area contributed by atoms with E-state index in [2.05, 4.69) is 14.7 Å². The molecule has 2 aromatic rings. The summed E-state index contributed by atoms with van der Waals surface area (Å²) in [6.07, 6.45) is 3.44. The van der Waals surface area contributed by atoms with Crippen molar-refractivity contribution in [3.05, 3.63) is 47.8 Å². The number of rotatable bonds is 7. The Kier molecular flexibility index (Phi) is 5.65. The molecule has 1 amide bonds. The Morgan fingerprint density at radius 1 is 1.46 bits per heavy atom. The highest BCUT2D eigenvalue weighted by Crippen LogP contribution is 2.15. The van der Waals surface area contributed by atoms with Gasteiger partial charge < -0.3 is 4.98 Å². The van der Waals surface area contributed by atoms with Crippen LogP contribution in [0.25, 0.3) is 0 Å². The molecular formula is C14H17FN4O4S. The second kappa shape index (κ2) is 7.51. The van der Waals surface area contributed by atoms with Crippen molar-refractivity contribution in [1.82, 2.24) is 20.2 Å².